The van der Waals surface area contributed by atoms with Crippen molar-refractivity contribution in [1.82, 2.24) is 18.8 Å². The van der Waals surface area contributed by atoms with Crippen LogP contribution in [0.1, 0.15) is 25.6 Å². The van der Waals surface area contributed by atoms with Crippen LogP contribution >= 0.6 is 0 Å². The zero-order valence-corrected chi connectivity index (χ0v) is 20.5. The Balaban J connectivity index is 1.44. The smallest absolute Gasteiger partial charge is 0.242 e. The number of phenolic OH excluding ortho intramolecular Hbond substituents is 1. The van der Waals surface area contributed by atoms with Crippen molar-refractivity contribution in [2.45, 2.75) is 37.8 Å². The summed E-state index contributed by atoms with van der Waals surface area (Å²) in [6.07, 6.45) is 1.44. The molecule has 1 aromatic heterocycles. The summed E-state index contributed by atoms with van der Waals surface area (Å²) >= 11 is 0. The maximum absolute atomic E-state index is 12.7. The molecule has 9 nitrogen and oxygen atoms in total. The number of nitrogens with one attached hydrogen (secondary N) is 1. The Kier molecular flexibility index (Phi) is 6.92. The van der Waals surface area contributed by atoms with Crippen molar-refractivity contribution in [3.8, 4) is 5.75 Å². The third-order valence-corrected chi connectivity index (χ3v) is 8.19. The Bertz CT molecular complexity index is 1290. The highest BCUT2D eigenvalue weighted by atomic mass is 32.2. The second-order valence-corrected chi connectivity index (χ2v) is 10.9. The van der Waals surface area contributed by atoms with Crippen LogP contribution in [0.4, 0.5) is 5.69 Å². The molecule has 0 spiro atoms. The van der Waals surface area contributed by atoms with Gasteiger partial charge in [0.2, 0.25) is 15.9 Å². The molecule has 2 N–H and O–H groups in total. The van der Waals surface area contributed by atoms with Gasteiger partial charge in [-0.25, -0.2) is 17.7 Å². The first kappa shape index (κ1) is 24.2. The molecule has 4 rings (SSSR count). The monoisotopic (exact) mass is 485 g/mol. The van der Waals surface area contributed by atoms with E-state index in [1.54, 1.807) is 36.4 Å². The van der Waals surface area contributed by atoms with Crippen LogP contribution in [0.3, 0.4) is 0 Å². The zero-order valence-electron chi connectivity index (χ0n) is 19.7. The lowest BCUT2D eigenvalue weighted by atomic mass is 9.95. The van der Waals surface area contributed by atoms with E-state index in [0.29, 0.717) is 17.7 Å². The van der Waals surface area contributed by atoms with E-state index >= 15 is 0 Å². The maximum Gasteiger partial charge on any atom is 0.242 e. The third-order valence-electron chi connectivity index (χ3n) is 6.38. The molecule has 1 amide bonds. The molecule has 1 aliphatic heterocycles. The minimum absolute atomic E-state index is 0.0632. The number of carbonyl (C=O) groups is 1. The number of carbonyl (C=O) groups excluding carboxylic acids is 1. The van der Waals surface area contributed by atoms with Gasteiger partial charge in [0, 0.05) is 26.6 Å². The van der Waals surface area contributed by atoms with Gasteiger partial charge in [-0.1, -0.05) is 12.1 Å². The number of likely N-dealkylation sites (tertiary alicyclic amines) is 1. The number of nitrogens with zero attached hydrogens (tertiary/aromatic N) is 4. The number of hydrogen-bond donors (Lipinski definition) is 2. The van der Waals surface area contributed by atoms with Crippen molar-refractivity contribution in [3.05, 3.63) is 48.3 Å². The molecule has 0 saturated carbocycles. The van der Waals surface area contributed by atoms with Gasteiger partial charge in [-0.2, -0.15) is 0 Å². The molecular formula is C24H31N5O4S. The summed E-state index contributed by atoms with van der Waals surface area (Å²) in [6.45, 7) is 4.92. The topological polar surface area (TPSA) is 108 Å². The quantitative estimate of drug-likeness (QED) is 0.499. The van der Waals surface area contributed by atoms with Crippen molar-refractivity contribution >= 4 is 32.7 Å². The van der Waals surface area contributed by atoms with E-state index in [9.17, 15) is 18.3 Å². The number of benzene rings is 2. The summed E-state index contributed by atoms with van der Waals surface area (Å²) in [4.78, 5) is 19.9. The minimum Gasteiger partial charge on any atom is -0.506 e. The van der Waals surface area contributed by atoms with Crippen LogP contribution in [-0.2, 0) is 27.9 Å². The lowest BCUT2D eigenvalue weighted by Gasteiger charge is -2.31. The molecule has 0 radical (unpaired) electrons. The van der Waals surface area contributed by atoms with Gasteiger partial charge in [0.1, 0.15) is 11.6 Å². The molecule has 1 aliphatic rings. The predicted molar refractivity (Wildman–Crippen MR) is 131 cm³/mol. The van der Waals surface area contributed by atoms with Crippen LogP contribution in [0.15, 0.2) is 47.4 Å². The number of para-hydroxylation sites is 2. The molecule has 182 valence electrons. The van der Waals surface area contributed by atoms with E-state index in [0.717, 1.165) is 43.8 Å². The second kappa shape index (κ2) is 9.73. The summed E-state index contributed by atoms with van der Waals surface area (Å²) in [5.74, 6) is 0.763. The summed E-state index contributed by atoms with van der Waals surface area (Å²) in [7, 11) is -0.494. The van der Waals surface area contributed by atoms with E-state index in [1.165, 1.54) is 18.4 Å². The number of rotatable bonds is 7. The molecule has 0 unspecified atom stereocenters. The number of sulfonamides is 1. The number of fused-ring (bicyclic) bond motifs is 1. The van der Waals surface area contributed by atoms with Crippen molar-refractivity contribution < 1.29 is 18.3 Å². The van der Waals surface area contributed by atoms with Gasteiger partial charge in [0.05, 0.1) is 28.2 Å². The molecule has 2 aromatic carbocycles. The molecule has 0 aliphatic carbocycles. The number of anilines is 1. The molecule has 0 atom stereocenters. The van der Waals surface area contributed by atoms with E-state index in [1.807, 2.05) is 13.0 Å². The van der Waals surface area contributed by atoms with Crippen molar-refractivity contribution in [1.29, 1.82) is 0 Å². The van der Waals surface area contributed by atoms with E-state index < -0.39 is 10.0 Å². The highest BCUT2D eigenvalue weighted by Gasteiger charge is 2.27. The molecule has 1 saturated heterocycles. The number of hydrogen-bond acceptors (Lipinski definition) is 6. The van der Waals surface area contributed by atoms with Gasteiger partial charge in [0.25, 0.3) is 0 Å². The Morgan fingerprint density at radius 2 is 1.88 bits per heavy atom. The van der Waals surface area contributed by atoms with Gasteiger partial charge in [-0.05, 0) is 63.2 Å². The molecule has 0 bridgehead atoms. The number of aromatic nitrogens is 2. The average molecular weight is 486 g/mol. The van der Waals surface area contributed by atoms with Crippen molar-refractivity contribution in [2.75, 3.05) is 32.5 Å². The summed E-state index contributed by atoms with van der Waals surface area (Å²) in [5.41, 5.74) is 2.01. The average Bonchev–Trinajstić information content (AvgIpc) is 3.17. The third kappa shape index (κ3) is 4.79. The van der Waals surface area contributed by atoms with Crippen LogP contribution < -0.4 is 5.32 Å². The molecule has 10 heteroatoms. The van der Waals surface area contributed by atoms with E-state index in [4.69, 9.17) is 4.98 Å². The summed E-state index contributed by atoms with van der Waals surface area (Å²) < 4.78 is 28.3. The second-order valence-electron chi connectivity index (χ2n) is 8.77. The summed E-state index contributed by atoms with van der Waals surface area (Å²) in [6, 6.07) is 11.8. The molecule has 34 heavy (non-hydrogen) atoms. The van der Waals surface area contributed by atoms with E-state index in [-0.39, 0.29) is 22.5 Å². The number of piperidine rings is 1. The SMILES string of the molecule is CCn1c(CN2CCC(C(=O)Nc3ccccc3O)CC2)nc2cc(S(=O)(=O)N(C)C)ccc21. The van der Waals surface area contributed by atoms with Crippen molar-refractivity contribution in [3.63, 3.8) is 0 Å². The van der Waals surface area contributed by atoms with Crippen LogP contribution in [0.25, 0.3) is 11.0 Å². The van der Waals surface area contributed by atoms with Crippen LogP contribution in [0.2, 0.25) is 0 Å². The van der Waals surface area contributed by atoms with Crippen LogP contribution in [0, 0.1) is 5.92 Å². The minimum atomic E-state index is -3.53. The Morgan fingerprint density at radius 1 is 1.18 bits per heavy atom. The van der Waals surface area contributed by atoms with Gasteiger partial charge < -0.3 is 15.0 Å². The molecule has 2 heterocycles. The normalized spacial score (nSPS) is 15.8. The van der Waals surface area contributed by atoms with Crippen LogP contribution in [0.5, 0.6) is 5.75 Å². The van der Waals surface area contributed by atoms with Gasteiger partial charge >= 0.3 is 0 Å². The van der Waals surface area contributed by atoms with E-state index in [2.05, 4.69) is 14.8 Å². The fraction of sp³-hybridized carbons (Fsp3) is 0.417. The highest BCUT2D eigenvalue weighted by Crippen LogP contribution is 2.27. The van der Waals surface area contributed by atoms with Gasteiger partial charge in [0.15, 0.2) is 0 Å². The highest BCUT2D eigenvalue weighted by molar-refractivity contribution is 7.89. The number of phenols is 1. The first-order valence-corrected chi connectivity index (χ1v) is 12.9. The lowest BCUT2D eigenvalue weighted by Crippen LogP contribution is -2.38. The predicted octanol–water partition coefficient (Wildman–Crippen LogP) is 2.86. The fourth-order valence-electron chi connectivity index (χ4n) is 4.37. The first-order valence-electron chi connectivity index (χ1n) is 11.4. The summed E-state index contributed by atoms with van der Waals surface area (Å²) in [5, 5.41) is 12.7. The maximum atomic E-state index is 12.7. The number of aryl methyl sites for hydroxylation is 1. The van der Waals surface area contributed by atoms with Crippen LogP contribution in [-0.4, -0.2) is 65.4 Å². The lowest BCUT2D eigenvalue weighted by molar-refractivity contribution is -0.121. The molecule has 3 aromatic rings. The number of imidazole rings is 1. The van der Waals surface area contributed by atoms with Gasteiger partial charge in [-0.15, -0.1) is 0 Å². The number of amides is 1. The Hall–Kier alpha value is -2.95. The Labute approximate surface area is 200 Å². The largest absolute Gasteiger partial charge is 0.506 e. The fourth-order valence-corrected chi connectivity index (χ4v) is 5.29. The van der Waals surface area contributed by atoms with Crippen molar-refractivity contribution in [2.24, 2.45) is 5.92 Å². The standard InChI is InChI=1S/C24H31N5O4S/c1-4-29-21-10-9-18(34(32,33)27(2)3)15-20(21)25-23(29)16-28-13-11-17(12-14-28)24(31)26-19-7-5-6-8-22(19)30/h5-10,15,17,30H,4,11-14,16H2,1-3H3,(H,26,31). The zero-order chi connectivity index (χ0) is 24.5. The first-order chi connectivity index (χ1) is 16.2. The molecule has 1 fully saturated rings. The van der Waals surface area contributed by atoms with Gasteiger partial charge in [-0.3, -0.25) is 9.69 Å². The number of aromatic hydroxyl groups is 1. The Morgan fingerprint density at radius 3 is 2.53 bits per heavy atom. The molecular weight excluding hydrogens is 454 g/mol.